The van der Waals surface area contributed by atoms with Crippen LogP contribution in [0.4, 0.5) is 0 Å². The molecule has 1 saturated carbocycles. The number of hydrogen-bond acceptors (Lipinski definition) is 2. The van der Waals surface area contributed by atoms with E-state index in [-0.39, 0.29) is 6.10 Å². The van der Waals surface area contributed by atoms with Gasteiger partial charge in [0.2, 0.25) is 0 Å². The first-order valence-electron chi connectivity index (χ1n) is 4.60. The molecule has 1 aliphatic rings. The molecule has 0 heterocycles. The fourth-order valence-electron chi connectivity index (χ4n) is 1.96. The van der Waals surface area contributed by atoms with Crippen LogP contribution in [-0.4, -0.2) is 17.8 Å². The summed E-state index contributed by atoms with van der Waals surface area (Å²) < 4.78 is 0. The lowest BCUT2D eigenvalue weighted by atomic mass is 9.64. The van der Waals surface area contributed by atoms with Crippen LogP contribution in [-0.2, 0) is 0 Å². The monoisotopic (exact) mass is 157 g/mol. The summed E-state index contributed by atoms with van der Waals surface area (Å²) in [6.45, 7) is 2.63. The maximum Gasteiger partial charge on any atom is 0.0667 e. The van der Waals surface area contributed by atoms with Crippen molar-refractivity contribution in [2.75, 3.05) is 6.54 Å². The van der Waals surface area contributed by atoms with Crippen LogP contribution >= 0.6 is 0 Å². The quantitative estimate of drug-likeness (QED) is 0.645. The van der Waals surface area contributed by atoms with Gasteiger partial charge in [0.15, 0.2) is 0 Å². The summed E-state index contributed by atoms with van der Waals surface area (Å²) in [7, 11) is 0. The molecule has 0 bridgehead atoms. The van der Waals surface area contributed by atoms with Crippen LogP contribution in [0.2, 0.25) is 0 Å². The van der Waals surface area contributed by atoms with Crippen LogP contribution in [0.25, 0.3) is 0 Å². The van der Waals surface area contributed by atoms with Crippen molar-refractivity contribution in [1.29, 1.82) is 0 Å². The molecule has 2 nitrogen and oxygen atoms in total. The molecule has 0 amide bonds. The highest BCUT2D eigenvalue weighted by atomic mass is 16.3. The van der Waals surface area contributed by atoms with E-state index in [0.29, 0.717) is 12.0 Å². The predicted octanol–water partition coefficient (Wildman–Crippen LogP) is 1.28. The second-order valence-corrected chi connectivity index (χ2v) is 3.80. The van der Waals surface area contributed by atoms with Crippen molar-refractivity contribution in [3.8, 4) is 0 Å². The summed E-state index contributed by atoms with van der Waals surface area (Å²) in [6.07, 6.45) is 5.77. The van der Waals surface area contributed by atoms with Gasteiger partial charge in [-0.15, -0.1) is 0 Å². The molecule has 0 aliphatic heterocycles. The van der Waals surface area contributed by atoms with E-state index < -0.39 is 0 Å². The molecule has 0 aromatic heterocycles. The summed E-state index contributed by atoms with van der Waals surface area (Å²) in [6, 6.07) is 0. The maximum atomic E-state index is 9.36. The molecule has 66 valence electrons. The molecule has 11 heavy (non-hydrogen) atoms. The summed E-state index contributed by atoms with van der Waals surface area (Å²) in [5, 5.41) is 9.36. The van der Waals surface area contributed by atoms with Crippen LogP contribution in [0.15, 0.2) is 0 Å². The molecule has 3 N–H and O–H groups in total. The Hall–Kier alpha value is -0.0800. The number of hydrogen-bond donors (Lipinski definition) is 2. The van der Waals surface area contributed by atoms with Gasteiger partial charge in [-0.3, -0.25) is 0 Å². The molecule has 1 rings (SSSR count). The third-order valence-corrected chi connectivity index (χ3v) is 3.10. The molecular formula is C9H19NO. The van der Waals surface area contributed by atoms with Crippen molar-refractivity contribution in [2.24, 2.45) is 11.1 Å². The highest BCUT2D eigenvalue weighted by Gasteiger charge is 2.36. The van der Waals surface area contributed by atoms with E-state index in [1.807, 2.05) is 0 Å². The van der Waals surface area contributed by atoms with E-state index >= 15 is 0 Å². The molecule has 0 saturated heterocycles. The van der Waals surface area contributed by atoms with E-state index in [2.05, 4.69) is 6.92 Å². The third kappa shape index (κ3) is 1.94. The normalized spacial score (nSPS) is 24.3. The van der Waals surface area contributed by atoms with Crippen molar-refractivity contribution in [2.45, 2.75) is 45.1 Å². The summed E-state index contributed by atoms with van der Waals surface area (Å²) in [4.78, 5) is 0. The van der Waals surface area contributed by atoms with Crippen LogP contribution in [0.1, 0.15) is 39.0 Å². The minimum Gasteiger partial charge on any atom is -0.392 e. The van der Waals surface area contributed by atoms with Gasteiger partial charge in [0, 0.05) is 6.54 Å². The average molecular weight is 157 g/mol. The number of aliphatic hydroxyl groups is 1. The van der Waals surface area contributed by atoms with Crippen molar-refractivity contribution >= 4 is 0 Å². The van der Waals surface area contributed by atoms with Gasteiger partial charge in [0.25, 0.3) is 0 Å². The van der Waals surface area contributed by atoms with Gasteiger partial charge in [-0.1, -0.05) is 19.8 Å². The summed E-state index contributed by atoms with van der Waals surface area (Å²) in [5.41, 5.74) is 5.82. The predicted molar refractivity (Wildman–Crippen MR) is 46.3 cm³/mol. The number of rotatable bonds is 4. The van der Waals surface area contributed by atoms with Crippen molar-refractivity contribution in [1.82, 2.24) is 0 Å². The highest BCUT2D eigenvalue weighted by Crippen LogP contribution is 2.47. The molecular weight excluding hydrogens is 138 g/mol. The summed E-state index contributed by atoms with van der Waals surface area (Å²) in [5.74, 6) is 0. The Bertz CT molecular complexity index is 115. The zero-order valence-electron chi connectivity index (χ0n) is 7.34. The van der Waals surface area contributed by atoms with Crippen LogP contribution in [0, 0.1) is 5.41 Å². The minimum atomic E-state index is -0.268. The van der Waals surface area contributed by atoms with E-state index in [1.54, 1.807) is 0 Å². The SMILES string of the molecule is CCC1(CC(O)CN)CCC1. The molecule has 0 spiro atoms. The minimum absolute atomic E-state index is 0.268. The Morgan fingerprint density at radius 2 is 2.18 bits per heavy atom. The second-order valence-electron chi connectivity index (χ2n) is 3.80. The molecule has 0 radical (unpaired) electrons. The number of aliphatic hydroxyl groups excluding tert-OH is 1. The fourth-order valence-corrected chi connectivity index (χ4v) is 1.96. The van der Waals surface area contributed by atoms with Gasteiger partial charge in [-0.25, -0.2) is 0 Å². The van der Waals surface area contributed by atoms with E-state index in [4.69, 9.17) is 5.73 Å². The lowest BCUT2D eigenvalue weighted by molar-refractivity contribution is 0.0411. The number of nitrogens with two attached hydrogens (primary N) is 1. The maximum absolute atomic E-state index is 9.36. The van der Waals surface area contributed by atoms with Crippen LogP contribution < -0.4 is 5.73 Å². The first-order valence-corrected chi connectivity index (χ1v) is 4.60. The smallest absolute Gasteiger partial charge is 0.0667 e. The zero-order valence-corrected chi connectivity index (χ0v) is 7.34. The van der Waals surface area contributed by atoms with Gasteiger partial charge in [0.05, 0.1) is 6.10 Å². The molecule has 1 aliphatic carbocycles. The van der Waals surface area contributed by atoms with E-state index in [1.165, 1.54) is 25.7 Å². The summed E-state index contributed by atoms with van der Waals surface area (Å²) >= 11 is 0. The second kappa shape index (κ2) is 3.55. The Morgan fingerprint density at radius 1 is 1.55 bits per heavy atom. The Balaban J connectivity index is 2.32. The molecule has 1 atom stereocenters. The van der Waals surface area contributed by atoms with Crippen molar-refractivity contribution < 1.29 is 5.11 Å². The lowest BCUT2D eigenvalue weighted by Crippen LogP contribution is -2.35. The standard InChI is InChI=1S/C9H19NO/c1-2-9(4-3-5-9)6-8(11)7-10/h8,11H,2-7,10H2,1H3. The molecule has 0 aromatic rings. The first kappa shape index (κ1) is 9.01. The van der Waals surface area contributed by atoms with Crippen LogP contribution in [0.3, 0.4) is 0 Å². The highest BCUT2D eigenvalue weighted by molar-refractivity contribution is 4.88. The first-order chi connectivity index (χ1) is 5.22. The Morgan fingerprint density at radius 3 is 2.45 bits per heavy atom. The molecule has 2 heteroatoms. The van der Waals surface area contributed by atoms with Crippen LogP contribution in [0.5, 0.6) is 0 Å². The van der Waals surface area contributed by atoms with Gasteiger partial charge >= 0.3 is 0 Å². The largest absolute Gasteiger partial charge is 0.392 e. The van der Waals surface area contributed by atoms with Crippen molar-refractivity contribution in [3.63, 3.8) is 0 Å². The molecule has 1 fully saturated rings. The van der Waals surface area contributed by atoms with E-state index in [0.717, 1.165) is 6.42 Å². The zero-order chi connectivity index (χ0) is 8.32. The van der Waals surface area contributed by atoms with Gasteiger partial charge < -0.3 is 10.8 Å². The molecule has 0 aromatic carbocycles. The van der Waals surface area contributed by atoms with Crippen molar-refractivity contribution in [3.05, 3.63) is 0 Å². The lowest BCUT2D eigenvalue weighted by Gasteiger charge is -2.42. The Kier molecular flexibility index (Phi) is 2.90. The van der Waals surface area contributed by atoms with Gasteiger partial charge in [-0.2, -0.15) is 0 Å². The topological polar surface area (TPSA) is 46.2 Å². The Labute approximate surface area is 68.8 Å². The average Bonchev–Trinajstić information content (AvgIpc) is 1.96. The fraction of sp³-hybridized carbons (Fsp3) is 1.00. The third-order valence-electron chi connectivity index (χ3n) is 3.10. The molecule has 1 unspecified atom stereocenters. The van der Waals surface area contributed by atoms with Gasteiger partial charge in [-0.05, 0) is 24.7 Å². The van der Waals surface area contributed by atoms with Gasteiger partial charge in [0.1, 0.15) is 0 Å². The van der Waals surface area contributed by atoms with E-state index in [9.17, 15) is 5.11 Å².